The molecule has 20 heavy (non-hydrogen) atoms. The maximum atomic E-state index is 6.02. The van der Waals surface area contributed by atoms with E-state index in [1.807, 2.05) is 25.1 Å². The lowest BCUT2D eigenvalue weighted by atomic mass is 10.1. The highest BCUT2D eigenvalue weighted by Crippen LogP contribution is 2.40. The summed E-state index contributed by atoms with van der Waals surface area (Å²) in [5, 5.41) is 4.04. The summed E-state index contributed by atoms with van der Waals surface area (Å²) in [7, 11) is 0. The fraction of sp³-hybridized carbons (Fsp3) is 0.375. The maximum absolute atomic E-state index is 6.02. The Labute approximate surface area is 124 Å². The number of rotatable bonds is 4. The number of aromatic nitrogens is 2. The van der Waals surface area contributed by atoms with Crippen molar-refractivity contribution in [3.05, 3.63) is 40.5 Å². The van der Waals surface area contributed by atoms with Crippen LogP contribution in [0.1, 0.15) is 36.9 Å². The molecule has 3 rings (SSSR count). The lowest BCUT2D eigenvalue weighted by molar-refractivity contribution is 0.987. The number of nitrogens with one attached hydrogen (secondary N) is 1. The molecule has 104 valence electrons. The van der Waals surface area contributed by atoms with Gasteiger partial charge in [-0.3, -0.25) is 0 Å². The van der Waals surface area contributed by atoms with E-state index in [2.05, 4.69) is 23.3 Å². The van der Waals surface area contributed by atoms with Gasteiger partial charge in [0.2, 0.25) is 0 Å². The maximum Gasteiger partial charge on any atom is 0.162 e. The van der Waals surface area contributed by atoms with Gasteiger partial charge in [-0.25, -0.2) is 9.97 Å². The van der Waals surface area contributed by atoms with Gasteiger partial charge in [-0.1, -0.05) is 11.6 Å². The molecule has 0 bridgehead atoms. The van der Waals surface area contributed by atoms with Crippen LogP contribution in [0, 0.1) is 6.92 Å². The normalized spacial score (nSPS) is 14.3. The van der Waals surface area contributed by atoms with Crippen LogP contribution < -0.4 is 5.32 Å². The Balaban J connectivity index is 2.06. The molecule has 1 aliphatic rings. The highest BCUT2D eigenvalue weighted by atomic mass is 35.5. The van der Waals surface area contributed by atoms with Gasteiger partial charge in [-0.05, 0) is 50.5 Å². The zero-order valence-electron chi connectivity index (χ0n) is 11.8. The molecule has 3 nitrogen and oxygen atoms in total. The standard InChI is InChI=1S/C16H18ClN3/c1-3-18-15-9-14(11-4-5-11)19-16(20-15)13-7-6-12(17)8-10(13)2/h6-9,11H,3-5H2,1-2H3,(H,18,19,20). The monoisotopic (exact) mass is 287 g/mol. The van der Waals surface area contributed by atoms with E-state index >= 15 is 0 Å². The summed E-state index contributed by atoms with van der Waals surface area (Å²) < 4.78 is 0. The number of aryl methyl sites for hydroxylation is 1. The molecule has 0 aliphatic heterocycles. The van der Waals surface area contributed by atoms with E-state index < -0.39 is 0 Å². The molecule has 0 atom stereocenters. The average Bonchev–Trinajstić information content (AvgIpc) is 3.23. The Hall–Kier alpha value is -1.61. The SMILES string of the molecule is CCNc1cc(C2CC2)nc(-c2ccc(Cl)cc2C)n1. The molecule has 0 radical (unpaired) electrons. The van der Waals surface area contributed by atoms with Crippen molar-refractivity contribution in [2.75, 3.05) is 11.9 Å². The molecule has 0 amide bonds. The number of hydrogen-bond acceptors (Lipinski definition) is 3. The predicted molar refractivity (Wildman–Crippen MR) is 83.4 cm³/mol. The van der Waals surface area contributed by atoms with Gasteiger partial charge < -0.3 is 5.32 Å². The predicted octanol–water partition coefficient (Wildman–Crippen LogP) is 4.41. The molecule has 1 aromatic carbocycles. The van der Waals surface area contributed by atoms with E-state index in [9.17, 15) is 0 Å². The van der Waals surface area contributed by atoms with Gasteiger partial charge in [-0.15, -0.1) is 0 Å². The smallest absolute Gasteiger partial charge is 0.162 e. The molecule has 0 saturated heterocycles. The van der Waals surface area contributed by atoms with Crippen LogP contribution in [0.5, 0.6) is 0 Å². The second-order valence-electron chi connectivity index (χ2n) is 5.27. The Morgan fingerprint density at radius 3 is 2.70 bits per heavy atom. The van der Waals surface area contributed by atoms with Crippen molar-refractivity contribution >= 4 is 17.4 Å². The third-order valence-corrected chi connectivity index (χ3v) is 3.76. The Kier molecular flexibility index (Phi) is 3.62. The van der Waals surface area contributed by atoms with Crippen molar-refractivity contribution in [3.8, 4) is 11.4 Å². The van der Waals surface area contributed by atoms with E-state index in [1.165, 1.54) is 12.8 Å². The summed E-state index contributed by atoms with van der Waals surface area (Å²) in [5.74, 6) is 2.31. The topological polar surface area (TPSA) is 37.8 Å². The number of halogens is 1. The van der Waals surface area contributed by atoms with Crippen LogP contribution >= 0.6 is 11.6 Å². The van der Waals surface area contributed by atoms with Gasteiger partial charge in [0.05, 0.1) is 0 Å². The fourth-order valence-corrected chi connectivity index (χ4v) is 2.55. The zero-order valence-corrected chi connectivity index (χ0v) is 12.5. The van der Waals surface area contributed by atoms with Gasteiger partial charge in [-0.2, -0.15) is 0 Å². The minimum absolute atomic E-state index is 0.613. The highest BCUT2D eigenvalue weighted by Gasteiger charge is 2.26. The van der Waals surface area contributed by atoms with Crippen LogP contribution in [0.4, 0.5) is 5.82 Å². The van der Waals surface area contributed by atoms with Crippen LogP contribution in [-0.2, 0) is 0 Å². The van der Waals surface area contributed by atoms with Gasteiger partial charge in [0.25, 0.3) is 0 Å². The molecular formula is C16H18ClN3. The van der Waals surface area contributed by atoms with Crippen molar-refractivity contribution in [1.82, 2.24) is 9.97 Å². The third kappa shape index (κ3) is 2.78. The zero-order chi connectivity index (χ0) is 14.1. The molecular weight excluding hydrogens is 270 g/mol. The summed E-state index contributed by atoms with van der Waals surface area (Å²) >= 11 is 6.02. The lowest BCUT2D eigenvalue weighted by Gasteiger charge is -2.10. The summed E-state index contributed by atoms with van der Waals surface area (Å²) in [6.45, 7) is 4.98. The van der Waals surface area contributed by atoms with Crippen LogP contribution in [0.2, 0.25) is 5.02 Å². The molecule has 0 spiro atoms. The van der Waals surface area contributed by atoms with Crippen LogP contribution in [0.3, 0.4) is 0 Å². The van der Waals surface area contributed by atoms with Crippen molar-refractivity contribution in [2.24, 2.45) is 0 Å². The number of benzene rings is 1. The Morgan fingerprint density at radius 1 is 1.25 bits per heavy atom. The minimum Gasteiger partial charge on any atom is -0.370 e. The molecule has 0 unspecified atom stereocenters. The first-order chi connectivity index (χ1) is 9.67. The van der Waals surface area contributed by atoms with Crippen molar-refractivity contribution in [1.29, 1.82) is 0 Å². The highest BCUT2D eigenvalue weighted by molar-refractivity contribution is 6.30. The van der Waals surface area contributed by atoms with Crippen molar-refractivity contribution < 1.29 is 0 Å². The number of nitrogens with zero attached hydrogens (tertiary/aromatic N) is 2. The summed E-state index contributed by atoms with van der Waals surface area (Å²) in [6, 6.07) is 7.93. The van der Waals surface area contributed by atoms with E-state index in [-0.39, 0.29) is 0 Å². The third-order valence-electron chi connectivity index (χ3n) is 3.53. The lowest BCUT2D eigenvalue weighted by Crippen LogP contribution is -2.04. The van der Waals surface area contributed by atoms with Gasteiger partial charge in [0.15, 0.2) is 5.82 Å². The first kappa shape index (κ1) is 13.4. The van der Waals surface area contributed by atoms with E-state index in [4.69, 9.17) is 16.6 Å². The minimum atomic E-state index is 0.613. The second kappa shape index (κ2) is 5.41. The van der Waals surface area contributed by atoms with Crippen LogP contribution in [0.25, 0.3) is 11.4 Å². The molecule has 1 fully saturated rings. The molecule has 1 aliphatic carbocycles. The van der Waals surface area contributed by atoms with Gasteiger partial charge >= 0.3 is 0 Å². The van der Waals surface area contributed by atoms with Crippen LogP contribution in [-0.4, -0.2) is 16.5 Å². The summed E-state index contributed by atoms with van der Waals surface area (Å²) in [4.78, 5) is 9.37. The summed E-state index contributed by atoms with van der Waals surface area (Å²) in [5.41, 5.74) is 3.31. The molecule has 1 heterocycles. The average molecular weight is 288 g/mol. The first-order valence-corrected chi connectivity index (χ1v) is 7.44. The van der Waals surface area contributed by atoms with Crippen molar-refractivity contribution in [3.63, 3.8) is 0 Å². The molecule has 1 aromatic heterocycles. The largest absolute Gasteiger partial charge is 0.370 e. The second-order valence-corrected chi connectivity index (χ2v) is 5.70. The Morgan fingerprint density at radius 2 is 2.05 bits per heavy atom. The summed E-state index contributed by atoms with van der Waals surface area (Å²) in [6.07, 6.45) is 2.48. The van der Waals surface area contributed by atoms with Crippen LogP contribution in [0.15, 0.2) is 24.3 Å². The molecule has 2 aromatic rings. The van der Waals surface area contributed by atoms with E-state index in [0.717, 1.165) is 40.0 Å². The quantitative estimate of drug-likeness (QED) is 0.905. The molecule has 1 N–H and O–H groups in total. The first-order valence-electron chi connectivity index (χ1n) is 7.06. The van der Waals surface area contributed by atoms with Gasteiger partial charge in [0, 0.05) is 34.8 Å². The van der Waals surface area contributed by atoms with E-state index in [0.29, 0.717) is 5.92 Å². The Bertz CT molecular complexity index is 636. The fourth-order valence-electron chi connectivity index (χ4n) is 2.32. The van der Waals surface area contributed by atoms with E-state index in [1.54, 1.807) is 0 Å². The molecule has 1 saturated carbocycles. The van der Waals surface area contributed by atoms with Gasteiger partial charge in [0.1, 0.15) is 5.82 Å². The van der Waals surface area contributed by atoms with Crippen molar-refractivity contribution in [2.45, 2.75) is 32.6 Å². The number of hydrogen-bond donors (Lipinski definition) is 1. The number of anilines is 1. The molecule has 4 heteroatoms.